The van der Waals surface area contributed by atoms with Gasteiger partial charge in [0.05, 0.1) is 18.1 Å². The van der Waals surface area contributed by atoms with Crippen molar-refractivity contribution in [3.63, 3.8) is 0 Å². The van der Waals surface area contributed by atoms with Gasteiger partial charge in [-0.25, -0.2) is 8.42 Å². The van der Waals surface area contributed by atoms with E-state index in [4.69, 9.17) is 9.47 Å². The summed E-state index contributed by atoms with van der Waals surface area (Å²) < 4.78 is 39.8. The molecule has 1 aromatic carbocycles. The summed E-state index contributed by atoms with van der Waals surface area (Å²) in [5, 5.41) is 0. The fourth-order valence-electron chi connectivity index (χ4n) is 4.93. The molecule has 1 aromatic rings. The molecule has 0 aromatic heterocycles. The molecule has 0 aliphatic rings. The Kier molecular flexibility index (Phi) is 23.9. The van der Waals surface area contributed by atoms with Gasteiger partial charge in [0.2, 0.25) is 10.0 Å². The van der Waals surface area contributed by atoms with Gasteiger partial charge < -0.3 is 9.47 Å². The molecule has 0 heterocycles. The van der Waals surface area contributed by atoms with Crippen LogP contribution in [-0.4, -0.2) is 52.2 Å². The SMILES string of the molecule is CCCCCCCCCCCCCCN(CCCCCCCOCCOCCCC)S(=O)(=O)c1ccc(C)cc1. The molecular weight excluding hydrogens is 518 g/mol. The van der Waals surface area contributed by atoms with E-state index in [-0.39, 0.29) is 0 Å². The summed E-state index contributed by atoms with van der Waals surface area (Å²) in [6.45, 7) is 10.6. The average Bonchev–Trinajstić information content (AvgIpc) is 2.95. The molecule has 6 heteroatoms. The third kappa shape index (κ3) is 19.2. The predicted octanol–water partition coefficient (Wildman–Crippen LogP) is 9.47. The van der Waals surface area contributed by atoms with Gasteiger partial charge in [-0.3, -0.25) is 0 Å². The summed E-state index contributed by atoms with van der Waals surface area (Å²) >= 11 is 0. The van der Waals surface area contributed by atoms with Crippen molar-refractivity contribution < 1.29 is 17.9 Å². The Balaban J connectivity index is 2.28. The highest BCUT2D eigenvalue weighted by molar-refractivity contribution is 7.89. The summed E-state index contributed by atoms with van der Waals surface area (Å²) in [6, 6.07) is 7.31. The van der Waals surface area contributed by atoms with Crippen molar-refractivity contribution in [2.75, 3.05) is 39.5 Å². The summed E-state index contributed by atoms with van der Waals surface area (Å²) in [5.41, 5.74) is 1.08. The zero-order valence-corrected chi connectivity index (χ0v) is 27.3. The standard InChI is InChI=1S/C34H63NO4S/c1-4-6-8-9-10-11-12-13-14-15-17-20-27-35(40(36,37)34-25-23-33(3)24-26-34)28-21-18-16-19-22-30-39-32-31-38-29-7-5-2/h23-26H,4-22,27-32H2,1-3H3. The molecule has 0 aliphatic carbocycles. The molecule has 0 unspecified atom stereocenters. The Morgan fingerprint density at radius 3 is 1.40 bits per heavy atom. The first-order valence-electron chi connectivity index (χ1n) is 16.7. The summed E-state index contributed by atoms with van der Waals surface area (Å²) in [6.07, 6.45) is 23.0. The number of rotatable bonds is 29. The van der Waals surface area contributed by atoms with Gasteiger partial charge in [-0.05, 0) is 44.7 Å². The van der Waals surface area contributed by atoms with Crippen molar-refractivity contribution >= 4 is 10.0 Å². The van der Waals surface area contributed by atoms with Crippen molar-refractivity contribution in [2.45, 2.75) is 148 Å². The molecule has 0 N–H and O–H groups in total. The Hall–Kier alpha value is -0.950. The van der Waals surface area contributed by atoms with Gasteiger partial charge in [-0.1, -0.05) is 128 Å². The highest BCUT2D eigenvalue weighted by Crippen LogP contribution is 2.19. The van der Waals surface area contributed by atoms with Crippen LogP contribution in [0.1, 0.15) is 141 Å². The van der Waals surface area contributed by atoms with E-state index in [1.807, 2.05) is 19.1 Å². The second-order valence-electron chi connectivity index (χ2n) is 11.5. The minimum Gasteiger partial charge on any atom is -0.379 e. The number of hydrogen-bond donors (Lipinski definition) is 0. The Morgan fingerprint density at radius 1 is 0.525 bits per heavy atom. The molecule has 40 heavy (non-hydrogen) atoms. The molecule has 0 aliphatic heterocycles. The Morgan fingerprint density at radius 2 is 0.925 bits per heavy atom. The molecule has 0 saturated heterocycles. The molecule has 0 bridgehead atoms. The van der Waals surface area contributed by atoms with Crippen LogP contribution in [0, 0.1) is 6.92 Å². The van der Waals surface area contributed by atoms with Gasteiger partial charge in [-0.2, -0.15) is 4.31 Å². The van der Waals surface area contributed by atoms with Crippen LogP contribution >= 0.6 is 0 Å². The van der Waals surface area contributed by atoms with Gasteiger partial charge in [0.25, 0.3) is 0 Å². The first-order valence-corrected chi connectivity index (χ1v) is 18.2. The molecule has 0 fully saturated rings. The molecule has 5 nitrogen and oxygen atoms in total. The van der Waals surface area contributed by atoms with E-state index in [2.05, 4.69) is 13.8 Å². The summed E-state index contributed by atoms with van der Waals surface area (Å²) in [4.78, 5) is 0.424. The maximum Gasteiger partial charge on any atom is 0.243 e. The highest BCUT2D eigenvalue weighted by Gasteiger charge is 2.23. The summed E-state index contributed by atoms with van der Waals surface area (Å²) in [5.74, 6) is 0. The van der Waals surface area contributed by atoms with E-state index in [0.717, 1.165) is 76.6 Å². The van der Waals surface area contributed by atoms with Crippen molar-refractivity contribution in [1.82, 2.24) is 4.31 Å². The molecule has 0 amide bonds. The van der Waals surface area contributed by atoms with E-state index >= 15 is 0 Å². The molecular formula is C34H63NO4S. The molecule has 1 rings (SSSR count). The van der Waals surface area contributed by atoms with Gasteiger partial charge in [-0.15, -0.1) is 0 Å². The second kappa shape index (κ2) is 25.7. The van der Waals surface area contributed by atoms with Crippen molar-refractivity contribution in [3.05, 3.63) is 29.8 Å². The third-order valence-corrected chi connectivity index (χ3v) is 9.54. The lowest BCUT2D eigenvalue weighted by Gasteiger charge is -2.22. The van der Waals surface area contributed by atoms with E-state index in [9.17, 15) is 8.42 Å². The Bertz CT molecular complexity index is 782. The fraction of sp³-hybridized carbons (Fsp3) is 0.824. The molecule has 0 saturated carbocycles. The lowest BCUT2D eigenvalue weighted by molar-refractivity contribution is 0.0453. The number of unbranched alkanes of at least 4 members (excludes halogenated alkanes) is 16. The zero-order chi connectivity index (χ0) is 29.2. The predicted molar refractivity (Wildman–Crippen MR) is 171 cm³/mol. The quantitative estimate of drug-likeness (QED) is 0.0884. The normalized spacial score (nSPS) is 12.0. The van der Waals surface area contributed by atoms with Crippen LogP contribution in [-0.2, 0) is 19.5 Å². The van der Waals surface area contributed by atoms with Crippen LogP contribution in [0.15, 0.2) is 29.2 Å². The molecule has 0 spiro atoms. The monoisotopic (exact) mass is 581 g/mol. The van der Waals surface area contributed by atoms with E-state index in [1.54, 1.807) is 16.4 Å². The van der Waals surface area contributed by atoms with Crippen LogP contribution in [0.2, 0.25) is 0 Å². The first-order chi connectivity index (χ1) is 19.5. The Labute approximate surface area is 248 Å². The van der Waals surface area contributed by atoms with E-state index < -0.39 is 10.0 Å². The minimum absolute atomic E-state index is 0.424. The number of ether oxygens (including phenoxy) is 2. The van der Waals surface area contributed by atoms with Crippen LogP contribution in [0.25, 0.3) is 0 Å². The largest absolute Gasteiger partial charge is 0.379 e. The topological polar surface area (TPSA) is 55.8 Å². The fourth-order valence-corrected chi connectivity index (χ4v) is 6.45. The minimum atomic E-state index is -3.45. The lowest BCUT2D eigenvalue weighted by Crippen LogP contribution is -2.33. The lowest BCUT2D eigenvalue weighted by atomic mass is 10.1. The van der Waals surface area contributed by atoms with Crippen LogP contribution in [0.5, 0.6) is 0 Å². The number of benzene rings is 1. The highest BCUT2D eigenvalue weighted by atomic mass is 32.2. The molecule has 0 radical (unpaired) electrons. The second-order valence-corrected chi connectivity index (χ2v) is 13.4. The number of hydrogen-bond acceptors (Lipinski definition) is 4. The number of aryl methyl sites for hydroxylation is 1. The van der Waals surface area contributed by atoms with Gasteiger partial charge in [0.15, 0.2) is 0 Å². The third-order valence-electron chi connectivity index (χ3n) is 7.63. The molecule has 234 valence electrons. The smallest absolute Gasteiger partial charge is 0.243 e. The van der Waals surface area contributed by atoms with Crippen molar-refractivity contribution in [3.8, 4) is 0 Å². The number of sulfonamides is 1. The average molecular weight is 582 g/mol. The van der Waals surface area contributed by atoms with Crippen LogP contribution in [0.3, 0.4) is 0 Å². The van der Waals surface area contributed by atoms with E-state index in [0.29, 0.717) is 31.2 Å². The maximum absolute atomic E-state index is 13.4. The van der Waals surface area contributed by atoms with Crippen LogP contribution in [0.4, 0.5) is 0 Å². The van der Waals surface area contributed by atoms with E-state index in [1.165, 1.54) is 64.2 Å². The van der Waals surface area contributed by atoms with Gasteiger partial charge >= 0.3 is 0 Å². The first kappa shape index (κ1) is 37.1. The maximum atomic E-state index is 13.4. The van der Waals surface area contributed by atoms with Crippen LogP contribution < -0.4 is 0 Å². The summed E-state index contributed by atoms with van der Waals surface area (Å²) in [7, 11) is -3.45. The van der Waals surface area contributed by atoms with Crippen molar-refractivity contribution in [2.24, 2.45) is 0 Å². The van der Waals surface area contributed by atoms with Gasteiger partial charge in [0.1, 0.15) is 0 Å². The van der Waals surface area contributed by atoms with Gasteiger partial charge in [0, 0.05) is 26.3 Å². The number of nitrogens with zero attached hydrogens (tertiary/aromatic N) is 1. The van der Waals surface area contributed by atoms with Crippen molar-refractivity contribution in [1.29, 1.82) is 0 Å². The zero-order valence-electron chi connectivity index (χ0n) is 26.5. The molecule has 0 atom stereocenters.